The average Bonchev–Trinajstić information content (AvgIpc) is 2.73. The summed E-state index contributed by atoms with van der Waals surface area (Å²) in [5.41, 5.74) is 1.74. The van der Waals surface area contributed by atoms with Crippen LogP contribution in [0.15, 0.2) is 33.6 Å². The zero-order chi connectivity index (χ0) is 15.4. The Hall–Kier alpha value is -0.490. The number of rotatable bonds is 6. The lowest BCUT2D eigenvalue weighted by Crippen LogP contribution is -2.17. The fraction of sp³-hybridized carbons (Fsp3) is 0.400. The van der Waals surface area contributed by atoms with E-state index < -0.39 is 6.10 Å². The van der Waals surface area contributed by atoms with E-state index in [1.54, 1.807) is 11.8 Å². The Bertz CT molecular complexity index is 618. The smallest absolute Gasteiger partial charge is 0.0848 e. The normalized spacial score (nSPS) is 12.6. The van der Waals surface area contributed by atoms with E-state index in [2.05, 4.69) is 21.0 Å². The van der Waals surface area contributed by atoms with Gasteiger partial charge in [0.15, 0.2) is 0 Å². The highest BCUT2D eigenvalue weighted by Crippen LogP contribution is 2.25. The third kappa shape index (κ3) is 4.49. The Morgan fingerprint density at radius 2 is 2.24 bits per heavy atom. The minimum atomic E-state index is -0.451. The molecule has 1 aromatic heterocycles. The number of aliphatic hydroxyl groups excluding tert-OH is 1. The molecule has 0 saturated heterocycles. The number of thioether (sulfide) groups is 1. The number of nitrogens with zero attached hydrogens (tertiary/aromatic N) is 2. The number of halogens is 2. The molecule has 1 heterocycles. The van der Waals surface area contributed by atoms with E-state index in [0.717, 1.165) is 27.3 Å². The Labute approximate surface area is 142 Å². The predicted octanol–water partition coefficient (Wildman–Crippen LogP) is 4.32. The second-order valence-corrected chi connectivity index (χ2v) is 7.18. The molecule has 21 heavy (non-hydrogen) atoms. The summed E-state index contributed by atoms with van der Waals surface area (Å²) >= 11 is 11.4. The van der Waals surface area contributed by atoms with E-state index in [9.17, 15) is 5.11 Å². The van der Waals surface area contributed by atoms with Crippen molar-refractivity contribution in [1.29, 1.82) is 0 Å². The summed E-state index contributed by atoms with van der Waals surface area (Å²) in [4.78, 5) is 1.13. The van der Waals surface area contributed by atoms with Crippen molar-refractivity contribution in [2.75, 3.05) is 5.75 Å². The summed E-state index contributed by atoms with van der Waals surface area (Å²) in [6.07, 6.45) is 0.0713. The van der Waals surface area contributed by atoms with Crippen molar-refractivity contribution in [3.63, 3.8) is 0 Å². The largest absolute Gasteiger partial charge is 0.392 e. The van der Waals surface area contributed by atoms with Crippen molar-refractivity contribution in [3.8, 4) is 0 Å². The van der Waals surface area contributed by atoms with Crippen LogP contribution in [0.25, 0.3) is 0 Å². The first-order chi connectivity index (χ1) is 10.0. The quantitative estimate of drug-likeness (QED) is 0.748. The standard InChI is InChI=1S/C15H18BrClN2OS/c1-3-19-14(15(17)10(2)18-19)8-12(20)9-21-13-6-4-5-11(16)7-13/h4-7,12,20H,3,8-9H2,1-2H3. The second kappa shape index (κ2) is 7.68. The van der Waals surface area contributed by atoms with Gasteiger partial charge in [-0.1, -0.05) is 33.6 Å². The van der Waals surface area contributed by atoms with E-state index in [-0.39, 0.29) is 0 Å². The third-order valence-electron chi connectivity index (χ3n) is 3.12. The van der Waals surface area contributed by atoms with Gasteiger partial charge in [0.05, 0.1) is 22.5 Å². The molecule has 0 spiro atoms. The van der Waals surface area contributed by atoms with Crippen LogP contribution in [-0.2, 0) is 13.0 Å². The summed E-state index contributed by atoms with van der Waals surface area (Å²) in [6.45, 7) is 4.67. The molecule has 1 N–H and O–H groups in total. The van der Waals surface area contributed by atoms with Gasteiger partial charge in [0.1, 0.15) is 0 Å². The highest BCUT2D eigenvalue weighted by molar-refractivity contribution is 9.10. The average molecular weight is 390 g/mol. The number of aromatic nitrogens is 2. The van der Waals surface area contributed by atoms with Crippen molar-refractivity contribution in [3.05, 3.63) is 45.1 Å². The van der Waals surface area contributed by atoms with Crippen molar-refractivity contribution in [2.45, 2.75) is 37.8 Å². The lowest BCUT2D eigenvalue weighted by atomic mass is 10.2. The zero-order valence-corrected chi connectivity index (χ0v) is 15.2. The molecule has 0 saturated carbocycles. The van der Waals surface area contributed by atoms with Gasteiger partial charge in [-0.15, -0.1) is 11.8 Å². The molecule has 114 valence electrons. The van der Waals surface area contributed by atoms with Crippen LogP contribution in [0.3, 0.4) is 0 Å². The fourth-order valence-electron chi connectivity index (χ4n) is 2.10. The molecule has 1 aromatic carbocycles. The fourth-order valence-corrected chi connectivity index (χ4v) is 3.75. The minimum absolute atomic E-state index is 0.451. The van der Waals surface area contributed by atoms with E-state index in [1.807, 2.05) is 42.8 Å². The van der Waals surface area contributed by atoms with Gasteiger partial charge in [0.25, 0.3) is 0 Å². The van der Waals surface area contributed by atoms with E-state index in [1.165, 1.54) is 0 Å². The van der Waals surface area contributed by atoms with Crippen molar-refractivity contribution in [2.24, 2.45) is 0 Å². The Balaban J connectivity index is 1.97. The molecular weight excluding hydrogens is 372 g/mol. The molecule has 0 radical (unpaired) electrons. The molecule has 3 nitrogen and oxygen atoms in total. The van der Waals surface area contributed by atoms with Crippen molar-refractivity contribution >= 4 is 39.3 Å². The van der Waals surface area contributed by atoms with Gasteiger partial charge in [-0.3, -0.25) is 4.68 Å². The Morgan fingerprint density at radius 1 is 1.48 bits per heavy atom. The molecule has 2 rings (SSSR count). The highest BCUT2D eigenvalue weighted by atomic mass is 79.9. The molecule has 0 fully saturated rings. The van der Waals surface area contributed by atoms with Gasteiger partial charge in [-0.2, -0.15) is 5.10 Å². The Morgan fingerprint density at radius 3 is 2.90 bits per heavy atom. The van der Waals surface area contributed by atoms with Crippen LogP contribution in [0.5, 0.6) is 0 Å². The molecule has 0 aliphatic rings. The van der Waals surface area contributed by atoms with Gasteiger partial charge in [0.2, 0.25) is 0 Å². The van der Waals surface area contributed by atoms with Crippen LogP contribution >= 0.6 is 39.3 Å². The SMILES string of the molecule is CCn1nc(C)c(Cl)c1CC(O)CSc1cccc(Br)c1. The first-order valence-corrected chi connectivity index (χ1v) is 8.95. The lowest BCUT2D eigenvalue weighted by molar-refractivity contribution is 0.197. The van der Waals surface area contributed by atoms with Crippen molar-refractivity contribution < 1.29 is 5.11 Å². The molecule has 0 aliphatic carbocycles. The van der Waals surface area contributed by atoms with Gasteiger partial charge in [0, 0.05) is 28.1 Å². The molecular formula is C15H18BrClN2OS. The van der Waals surface area contributed by atoms with Crippen LogP contribution in [-0.4, -0.2) is 26.7 Å². The monoisotopic (exact) mass is 388 g/mol. The van der Waals surface area contributed by atoms with Crippen LogP contribution in [0, 0.1) is 6.92 Å². The number of hydrogen-bond donors (Lipinski definition) is 1. The van der Waals surface area contributed by atoms with E-state index >= 15 is 0 Å². The number of benzene rings is 1. The highest BCUT2D eigenvalue weighted by Gasteiger charge is 2.16. The molecule has 6 heteroatoms. The minimum Gasteiger partial charge on any atom is -0.392 e. The van der Waals surface area contributed by atoms with E-state index in [0.29, 0.717) is 17.2 Å². The summed E-state index contributed by atoms with van der Waals surface area (Å²) < 4.78 is 2.91. The molecule has 1 atom stereocenters. The van der Waals surface area contributed by atoms with Crippen LogP contribution in [0.4, 0.5) is 0 Å². The third-order valence-corrected chi connectivity index (χ3v) is 5.24. The molecule has 1 unspecified atom stereocenters. The summed E-state index contributed by atoms with van der Waals surface area (Å²) in [5.74, 6) is 0.626. The maximum atomic E-state index is 10.3. The lowest BCUT2D eigenvalue weighted by Gasteiger charge is -2.12. The molecule has 0 bridgehead atoms. The Kier molecular flexibility index (Phi) is 6.17. The number of aryl methyl sites for hydroxylation is 2. The zero-order valence-electron chi connectivity index (χ0n) is 12.0. The van der Waals surface area contributed by atoms with Gasteiger partial charge in [-0.05, 0) is 32.0 Å². The summed E-state index contributed by atoms with van der Waals surface area (Å²) in [7, 11) is 0. The molecule has 0 amide bonds. The van der Waals surface area contributed by atoms with Crippen LogP contribution in [0.2, 0.25) is 5.02 Å². The topological polar surface area (TPSA) is 38.0 Å². The number of hydrogen-bond acceptors (Lipinski definition) is 3. The first-order valence-electron chi connectivity index (χ1n) is 6.79. The van der Waals surface area contributed by atoms with Gasteiger partial charge >= 0.3 is 0 Å². The van der Waals surface area contributed by atoms with Gasteiger partial charge in [-0.25, -0.2) is 0 Å². The summed E-state index contributed by atoms with van der Waals surface area (Å²) in [5, 5.41) is 15.3. The first kappa shape index (κ1) is 16.9. The predicted molar refractivity (Wildman–Crippen MR) is 92.2 cm³/mol. The molecule has 0 aliphatic heterocycles. The maximum Gasteiger partial charge on any atom is 0.0848 e. The second-order valence-electron chi connectivity index (χ2n) is 4.79. The maximum absolute atomic E-state index is 10.3. The molecule has 2 aromatic rings. The van der Waals surface area contributed by atoms with E-state index in [4.69, 9.17) is 11.6 Å². The summed E-state index contributed by atoms with van der Waals surface area (Å²) in [6, 6.07) is 8.06. The van der Waals surface area contributed by atoms with Crippen LogP contribution in [0.1, 0.15) is 18.3 Å². The number of aliphatic hydroxyl groups is 1. The van der Waals surface area contributed by atoms with Crippen LogP contribution < -0.4 is 0 Å². The van der Waals surface area contributed by atoms with Crippen molar-refractivity contribution in [1.82, 2.24) is 9.78 Å². The van der Waals surface area contributed by atoms with Gasteiger partial charge < -0.3 is 5.11 Å².